The van der Waals surface area contributed by atoms with Crippen molar-refractivity contribution >= 4 is 29.6 Å². The third-order valence-electron chi connectivity index (χ3n) is 8.07. The topological polar surface area (TPSA) is 212 Å². The molecule has 0 aromatic heterocycles. The van der Waals surface area contributed by atoms with Crippen molar-refractivity contribution in [3.05, 3.63) is 34.9 Å². The average molecular weight is 544 g/mol. The molecule has 13 heteroatoms. The van der Waals surface area contributed by atoms with Crippen LogP contribution in [0.2, 0.25) is 0 Å². The number of nitrogens with zero attached hydrogens (tertiary/aromatic N) is 3. The molecular formula is C26H39N8O5+. The molecule has 0 spiro atoms. The first-order valence-electron chi connectivity index (χ1n) is 13.0. The molecule has 10 N–H and O–H groups in total. The maximum atomic E-state index is 13.6. The van der Waals surface area contributed by atoms with Gasteiger partial charge in [-0.15, -0.1) is 0 Å². The van der Waals surface area contributed by atoms with Crippen molar-refractivity contribution in [2.75, 3.05) is 13.1 Å². The maximum absolute atomic E-state index is 13.6. The van der Waals surface area contributed by atoms with E-state index in [0.29, 0.717) is 5.56 Å². The SMILES string of the molecule is Cc1cccc(C(=O)N[C@H]2C[N+]3=C(N)NC(CN4C(=O)CCC4=O)[C@H](C)C3(N=C(N)N)C2(O)O)c1C(C)(C)C. The molecule has 4 atom stereocenters. The summed E-state index contributed by atoms with van der Waals surface area (Å²) in [7, 11) is 0. The van der Waals surface area contributed by atoms with Crippen molar-refractivity contribution in [2.24, 2.45) is 28.1 Å². The Labute approximate surface area is 227 Å². The van der Waals surface area contributed by atoms with Crippen molar-refractivity contribution < 1.29 is 29.2 Å². The minimum atomic E-state index is -2.71. The zero-order valence-corrected chi connectivity index (χ0v) is 23.0. The van der Waals surface area contributed by atoms with Gasteiger partial charge < -0.3 is 27.0 Å². The lowest BCUT2D eigenvalue weighted by molar-refractivity contribution is -0.625. The largest absolute Gasteiger partial charge is 0.370 e. The number of aliphatic imine (C=N–C) groups is 1. The maximum Gasteiger partial charge on any atom is 0.345 e. The number of hydrogen-bond acceptors (Lipinski definition) is 8. The first kappa shape index (κ1) is 28.3. The highest BCUT2D eigenvalue weighted by atomic mass is 16.5. The zero-order valence-electron chi connectivity index (χ0n) is 23.0. The number of guanidine groups is 2. The molecule has 3 aliphatic heterocycles. The number of rotatable bonds is 5. The third kappa shape index (κ3) is 4.48. The fraction of sp³-hybridized carbons (Fsp3) is 0.577. The number of likely N-dealkylation sites (tertiary alicyclic amines) is 1. The van der Waals surface area contributed by atoms with E-state index in [1.54, 1.807) is 19.1 Å². The van der Waals surface area contributed by atoms with Crippen LogP contribution >= 0.6 is 0 Å². The van der Waals surface area contributed by atoms with Crippen LogP contribution in [0.1, 0.15) is 62.0 Å². The molecule has 2 saturated heterocycles. The number of nitrogens with two attached hydrogens (primary N) is 3. The lowest BCUT2D eigenvalue weighted by Gasteiger charge is -2.45. The van der Waals surface area contributed by atoms with E-state index in [0.717, 1.165) is 16.0 Å². The summed E-state index contributed by atoms with van der Waals surface area (Å²) in [6.45, 7) is 9.37. The quantitative estimate of drug-likeness (QED) is 0.0728. The van der Waals surface area contributed by atoms with E-state index in [2.05, 4.69) is 15.6 Å². The van der Waals surface area contributed by atoms with Crippen molar-refractivity contribution in [3.8, 4) is 0 Å². The molecule has 0 aliphatic carbocycles. The Balaban J connectivity index is 1.74. The first-order valence-corrected chi connectivity index (χ1v) is 13.0. The lowest BCUT2D eigenvalue weighted by Crippen LogP contribution is -2.73. The number of aryl methyl sites for hydroxylation is 1. The second-order valence-corrected chi connectivity index (χ2v) is 11.7. The van der Waals surface area contributed by atoms with Gasteiger partial charge in [0.2, 0.25) is 23.3 Å². The lowest BCUT2D eigenvalue weighted by atomic mass is 9.79. The monoisotopic (exact) mass is 543 g/mol. The van der Waals surface area contributed by atoms with Crippen LogP contribution in [0.3, 0.4) is 0 Å². The van der Waals surface area contributed by atoms with E-state index >= 15 is 0 Å². The second kappa shape index (κ2) is 9.49. The van der Waals surface area contributed by atoms with Crippen LogP contribution in [0.4, 0.5) is 0 Å². The molecule has 4 rings (SSSR count). The molecule has 3 heterocycles. The Morgan fingerprint density at radius 2 is 1.85 bits per heavy atom. The van der Waals surface area contributed by atoms with Crippen LogP contribution in [-0.4, -0.2) is 86.0 Å². The van der Waals surface area contributed by atoms with Crippen molar-refractivity contribution in [1.82, 2.24) is 15.5 Å². The Hall–Kier alpha value is -3.71. The second-order valence-electron chi connectivity index (χ2n) is 11.7. The summed E-state index contributed by atoms with van der Waals surface area (Å²) >= 11 is 0. The van der Waals surface area contributed by atoms with E-state index in [4.69, 9.17) is 17.2 Å². The summed E-state index contributed by atoms with van der Waals surface area (Å²) in [6, 6.07) is 3.40. The molecule has 3 amide bonds. The molecule has 13 nitrogen and oxygen atoms in total. The molecule has 1 aromatic rings. The van der Waals surface area contributed by atoms with Gasteiger partial charge in [0.1, 0.15) is 12.1 Å². The van der Waals surface area contributed by atoms with Crippen LogP contribution in [0.25, 0.3) is 0 Å². The van der Waals surface area contributed by atoms with Gasteiger partial charge >= 0.3 is 5.96 Å². The number of benzene rings is 1. The number of nitrogens with one attached hydrogen (secondary N) is 2. The van der Waals surface area contributed by atoms with E-state index in [1.807, 2.05) is 33.8 Å². The zero-order chi connectivity index (χ0) is 29.1. The molecule has 0 saturated carbocycles. The molecule has 39 heavy (non-hydrogen) atoms. The highest BCUT2D eigenvalue weighted by molar-refractivity contribution is 6.02. The molecule has 1 aromatic carbocycles. The number of hydrogen-bond donors (Lipinski definition) is 7. The molecule has 2 unspecified atom stereocenters. The predicted molar refractivity (Wildman–Crippen MR) is 143 cm³/mol. The first-order chi connectivity index (χ1) is 18.0. The van der Waals surface area contributed by atoms with Crippen molar-refractivity contribution in [1.29, 1.82) is 0 Å². The standard InChI is InChI=1S/C26H38N8O5/c1-13-7-6-8-15(20(13)24(3,4)5)21(37)31-17-12-34-23(29)30-16(11-33-18(35)9-10-19(33)36)14(2)25(34,26(17,38)39)32-22(27)28/h6-8,14,16-17,38-39H,9-12H2,1-5H3,(H7,27,28,29,30,31,32,37)/p+1/t14-,16?,17-,25?/m0/s1. The Bertz CT molecular complexity index is 1260. The Morgan fingerprint density at radius 3 is 2.41 bits per heavy atom. The summed E-state index contributed by atoms with van der Waals surface area (Å²) in [6.07, 6.45) is 0.218. The van der Waals surface area contributed by atoms with Crippen LogP contribution in [-0.2, 0) is 15.0 Å². The number of fused-ring (bicyclic) bond motifs is 1. The van der Waals surface area contributed by atoms with Gasteiger partial charge in [0.25, 0.3) is 5.91 Å². The predicted octanol–water partition coefficient (Wildman–Crippen LogP) is -1.86. The van der Waals surface area contributed by atoms with Crippen molar-refractivity contribution in [3.63, 3.8) is 0 Å². The highest BCUT2D eigenvalue weighted by Crippen LogP contribution is 2.44. The van der Waals surface area contributed by atoms with E-state index in [-0.39, 0.29) is 49.1 Å². The Kier molecular flexibility index (Phi) is 6.88. The van der Waals surface area contributed by atoms with Gasteiger partial charge in [0.05, 0.1) is 19.0 Å². The number of imide groups is 1. The van der Waals surface area contributed by atoms with Crippen LogP contribution < -0.4 is 27.8 Å². The highest BCUT2D eigenvalue weighted by Gasteiger charge is 2.72. The van der Waals surface area contributed by atoms with Gasteiger partial charge in [0.15, 0.2) is 5.96 Å². The number of carbonyl (C=O) groups excluding carboxylic acids is 3. The molecule has 2 fully saturated rings. The molecule has 212 valence electrons. The average Bonchev–Trinajstić information content (AvgIpc) is 3.24. The summed E-state index contributed by atoms with van der Waals surface area (Å²) in [5, 5.41) is 29.3. The number of carbonyl (C=O) groups is 3. The van der Waals surface area contributed by atoms with Gasteiger partial charge in [-0.25, -0.2) is 9.57 Å². The smallest absolute Gasteiger partial charge is 0.345 e. The van der Waals surface area contributed by atoms with Gasteiger partial charge in [0, 0.05) is 18.4 Å². The molecule has 3 aliphatic rings. The van der Waals surface area contributed by atoms with Crippen LogP contribution in [0.5, 0.6) is 0 Å². The Morgan fingerprint density at radius 1 is 1.23 bits per heavy atom. The summed E-state index contributed by atoms with van der Waals surface area (Å²) < 4.78 is 1.41. The van der Waals surface area contributed by atoms with E-state index in [1.165, 1.54) is 4.58 Å². The number of aliphatic hydroxyl groups is 2. The van der Waals surface area contributed by atoms with Gasteiger partial charge in [-0.05, 0) is 29.5 Å². The third-order valence-corrected chi connectivity index (χ3v) is 8.07. The fourth-order valence-electron chi connectivity index (χ4n) is 6.34. The van der Waals surface area contributed by atoms with Crippen LogP contribution in [0, 0.1) is 12.8 Å². The van der Waals surface area contributed by atoms with Crippen LogP contribution in [0.15, 0.2) is 23.2 Å². The molecule has 0 bridgehead atoms. The minimum absolute atomic E-state index is 0.0114. The fourth-order valence-corrected chi connectivity index (χ4v) is 6.34. The molecule has 0 radical (unpaired) electrons. The van der Waals surface area contributed by atoms with E-state index < -0.39 is 41.3 Å². The minimum Gasteiger partial charge on any atom is -0.370 e. The van der Waals surface area contributed by atoms with Gasteiger partial charge in [-0.1, -0.05) is 39.8 Å². The molecular weight excluding hydrogens is 504 g/mol. The number of amides is 3. The summed E-state index contributed by atoms with van der Waals surface area (Å²) in [5.74, 6) is -5.07. The van der Waals surface area contributed by atoms with Gasteiger partial charge in [-0.2, -0.15) is 0 Å². The normalized spacial score (nSPS) is 28.3. The van der Waals surface area contributed by atoms with Gasteiger partial charge in [-0.3, -0.25) is 30.3 Å². The summed E-state index contributed by atoms with van der Waals surface area (Å²) in [5.41, 5.74) is 17.8. The summed E-state index contributed by atoms with van der Waals surface area (Å²) in [4.78, 5) is 43.6. The van der Waals surface area contributed by atoms with Crippen molar-refractivity contribution in [2.45, 2.75) is 76.4 Å². The van der Waals surface area contributed by atoms with E-state index in [9.17, 15) is 24.6 Å².